The molecule has 3 N–H and O–H groups in total. The third-order valence-electron chi connectivity index (χ3n) is 9.86. The van der Waals surface area contributed by atoms with E-state index in [1.54, 1.807) is 32.2 Å². The van der Waals surface area contributed by atoms with Gasteiger partial charge in [-0.1, -0.05) is 12.2 Å². The minimum atomic E-state index is -1.16. The molecule has 4 aromatic rings. The number of allylic oxidation sites excluding steroid dienone is 4. The van der Waals surface area contributed by atoms with Crippen LogP contribution >= 0.6 is 0 Å². The number of alkyl halides is 1. The Morgan fingerprint density at radius 2 is 1.96 bits per heavy atom. The summed E-state index contributed by atoms with van der Waals surface area (Å²) < 4.78 is 24.3. The van der Waals surface area contributed by atoms with Crippen molar-refractivity contribution in [2.45, 2.75) is 44.9 Å². The second-order valence-electron chi connectivity index (χ2n) is 13.3. The number of aromatic nitrogens is 4. The number of amides is 2. The lowest BCUT2D eigenvalue weighted by Crippen LogP contribution is -2.50. The minimum Gasteiger partial charge on any atom is -0.511 e. The van der Waals surface area contributed by atoms with Crippen molar-refractivity contribution < 1.29 is 23.8 Å². The summed E-state index contributed by atoms with van der Waals surface area (Å²) in [5.41, 5.74) is 11.8. The number of fused-ring (bicyclic) bond motifs is 3. The van der Waals surface area contributed by atoms with Gasteiger partial charge in [-0.3, -0.25) is 9.59 Å². The number of methoxy groups -OCH3 is 1. The van der Waals surface area contributed by atoms with E-state index in [0.29, 0.717) is 40.8 Å². The predicted octanol–water partition coefficient (Wildman–Crippen LogP) is 4.90. The second kappa shape index (κ2) is 11.3. The van der Waals surface area contributed by atoms with Crippen LogP contribution in [0.25, 0.3) is 39.2 Å². The number of benzene rings is 1. The van der Waals surface area contributed by atoms with Gasteiger partial charge in [-0.2, -0.15) is 0 Å². The summed E-state index contributed by atoms with van der Waals surface area (Å²) in [5, 5.41) is 11.7. The zero-order chi connectivity index (χ0) is 33.4. The number of likely N-dealkylation sites (tertiary alicyclic amines) is 1. The molecule has 12 heteroatoms. The molecule has 0 radical (unpaired) electrons. The van der Waals surface area contributed by atoms with Gasteiger partial charge in [0.25, 0.3) is 11.8 Å². The fourth-order valence-corrected chi connectivity index (χ4v) is 7.10. The molecule has 3 atom stereocenters. The number of aliphatic hydroxyl groups is 1. The number of dihydropyridines is 1. The molecule has 1 saturated carbocycles. The maximum atomic E-state index is 14.3. The van der Waals surface area contributed by atoms with Crippen LogP contribution < -0.4 is 10.5 Å². The van der Waals surface area contributed by atoms with Crippen LogP contribution in [0.2, 0.25) is 0 Å². The number of nitrogens with zero attached hydrogens (tertiary/aromatic N) is 6. The highest BCUT2D eigenvalue weighted by atomic mass is 19.1. The first kappa shape index (κ1) is 30.2. The number of aryl methyl sites for hydroxylation is 1. The quantitative estimate of drug-likeness (QED) is 0.303. The van der Waals surface area contributed by atoms with Crippen molar-refractivity contribution in [3.05, 3.63) is 71.1 Å². The average Bonchev–Trinajstić information content (AvgIpc) is 3.75. The third-order valence-corrected chi connectivity index (χ3v) is 9.86. The number of nitrogens with two attached hydrogens (primary N) is 1. The number of aliphatic imine (C=N–C) groups is 1. The van der Waals surface area contributed by atoms with Crippen molar-refractivity contribution in [1.82, 2.24) is 24.0 Å². The number of ether oxygens (including phenoxy) is 1. The van der Waals surface area contributed by atoms with Gasteiger partial charge in [0.15, 0.2) is 5.82 Å². The summed E-state index contributed by atoms with van der Waals surface area (Å²) in [6.07, 6.45) is 6.91. The van der Waals surface area contributed by atoms with Crippen LogP contribution in [-0.4, -0.2) is 79.0 Å². The number of hydrogen-bond donors (Lipinski definition) is 2. The number of carbonyl (C=O) groups is 2. The molecular weight excluding hydrogens is 613 g/mol. The highest BCUT2D eigenvalue weighted by molar-refractivity contribution is 6.15. The molecule has 11 nitrogen and oxygen atoms in total. The summed E-state index contributed by atoms with van der Waals surface area (Å²) in [7, 11) is 3.49. The Hall–Kier alpha value is -5.10. The number of pyridine rings is 1. The predicted molar refractivity (Wildman–Crippen MR) is 180 cm³/mol. The number of halogens is 1. The first-order valence-electron chi connectivity index (χ1n) is 16.3. The summed E-state index contributed by atoms with van der Waals surface area (Å²) in [6.45, 7) is 2.66. The molecule has 1 unspecified atom stereocenters. The Morgan fingerprint density at radius 3 is 2.71 bits per heavy atom. The molecule has 0 bridgehead atoms. The Balaban J connectivity index is 1.21. The van der Waals surface area contributed by atoms with Crippen LogP contribution in [-0.2, 0) is 18.4 Å². The second-order valence-corrected chi connectivity index (χ2v) is 13.3. The normalized spacial score (nSPS) is 22.7. The number of rotatable bonds is 6. The van der Waals surface area contributed by atoms with Crippen LogP contribution in [0.1, 0.15) is 42.2 Å². The van der Waals surface area contributed by atoms with E-state index in [2.05, 4.69) is 15.6 Å². The Bertz CT molecular complexity index is 2160. The maximum Gasteiger partial charge on any atom is 0.276 e. The van der Waals surface area contributed by atoms with Gasteiger partial charge in [0.2, 0.25) is 0 Å². The molecule has 5 heterocycles. The topological polar surface area (TPSA) is 141 Å². The van der Waals surface area contributed by atoms with Crippen molar-refractivity contribution in [2.24, 2.45) is 29.6 Å². The molecule has 2 aliphatic heterocycles. The van der Waals surface area contributed by atoms with E-state index < -0.39 is 24.0 Å². The van der Waals surface area contributed by atoms with Crippen molar-refractivity contribution >= 4 is 45.2 Å². The van der Waals surface area contributed by atoms with Crippen molar-refractivity contribution in [2.75, 3.05) is 20.2 Å². The maximum absolute atomic E-state index is 14.3. The highest BCUT2D eigenvalue weighted by Gasteiger charge is 2.32. The fraction of sp³-hybridized carbons (Fsp3) is 0.361. The lowest BCUT2D eigenvalue weighted by molar-refractivity contribution is -0.114. The van der Waals surface area contributed by atoms with Gasteiger partial charge in [0.05, 0.1) is 47.8 Å². The van der Waals surface area contributed by atoms with Gasteiger partial charge in [-0.25, -0.2) is 19.4 Å². The molecule has 246 valence electrons. The van der Waals surface area contributed by atoms with Crippen LogP contribution in [0, 0.1) is 11.8 Å². The molecule has 1 saturated heterocycles. The number of carbonyl (C=O) groups excluding carboxylic acids is 2. The van der Waals surface area contributed by atoms with E-state index in [4.69, 9.17) is 20.4 Å². The Labute approximate surface area is 275 Å². The van der Waals surface area contributed by atoms with Gasteiger partial charge in [0.1, 0.15) is 28.8 Å². The van der Waals surface area contributed by atoms with E-state index in [-0.39, 0.29) is 30.2 Å². The van der Waals surface area contributed by atoms with Crippen molar-refractivity contribution in [1.29, 1.82) is 0 Å². The molecule has 8 rings (SSSR count). The average molecular weight is 650 g/mol. The zero-order valence-corrected chi connectivity index (χ0v) is 27.0. The van der Waals surface area contributed by atoms with Crippen LogP contribution in [0.5, 0.6) is 5.75 Å². The minimum absolute atomic E-state index is 0.00982. The van der Waals surface area contributed by atoms with Crippen LogP contribution in [0.4, 0.5) is 4.39 Å². The Kier molecular flexibility index (Phi) is 7.09. The van der Waals surface area contributed by atoms with Gasteiger partial charge >= 0.3 is 0 Å². The third kappa shape index (κ3) is 5.02. The van der Waals surface area contributed by atoms with E-state index in [9.17, 15) is 19.1 Å². The first-order chi connectivity index (χ1) is 23.1. The molecular formula is C36H36FN7O4. The Morgan fingerprint density at radius 1 is 1.15 bits per heavy atom. The number of hydrogen-bond acceptors (Lipinski definition) is 7. The van der Waals surface area contributed by atoms with Crippen molar-refractivity contribution in [3.8, 4) is 17.3 Å². The summed E-state index contributed by atoms with van der Waals surface area (Å²) in [5.74, 6) is 0.526. The molecule has 1 aromatic carbocycles. The highest BCUT2D eigenvalue weighted by Crippen LogP contribution is 2.39. The van der Waals surface area contributed by atoms with E-state index in [0.717, 1.165) is 52.9 Å². The van der Waals surface area contributed by atoms with Gasteiger partial charge in [-0.15, -0.1) is 0 Å². The largest absolute Gasteiger partial charge is 0.511 e. The molecule has 0 spiro atoms. The monoisotopic (exact) mass is 649 g/mol. The summed E-state index contributed by atoms with van der Waals surface area (Å²) in [6, 6.07) is 9.11. The molecule has 2 fully saturated rings. The SMILES string of the molecule is COc1cc(C(=O)N2C[C@H](N)C[C@@H](F)C2)cc2nc(-c3cc4ccc(C5=CC6C(=NC(=O)C(C)=C6O)C=C5)nc4n3CC3CC3)n(C)c12. The number of aliphatic hydroxyl groups excluding tert-OH is 1. The van der Waals surface area contributed by atoms with Crippen molar-refractivity contribution in [3.63, 3.8) is 0 Å². The molecule has 4 aliphatic rings. The smallest absolute Gasteiger partial charge is 0.276 e. The molecule has 3 aromatic heterocycles. The van der Waals surface area contributed by atoms with Crippen LogP contribution in [0.15, 0.2) is 64.9 Å². The van der Waals surface area contributed by atoms with E-state index >= 15 is 0 Å². The van der Waals surface area contributed by atoms with E-state index in [1.807, 2.05) is 35.9 Å². The first-order valence-corrected chi connectivity index (χ1v) is 16.3. The summed E-state index contributed by atoms with van der Waals surface area (Å²) >= 11 is 0. The zero-order valence-electron chi connectivity index (χ0n) is 27.0. The fourth-order valence-electron chi connectivity index (χ4n) is 7.10. The molecule has 48 heavy (non-hydrogen) atoms. The lowest BCUT2D eigenvalue weighted by atomic mass is 9.87. The standard InChI is InChI=1S/C36H36FN7O4/c1-18-32(45)25-10-20(6-9-27(25)41-35(18)46)26-8-7-21-12-29(44(33(21)39-26)15-19-4-5-19)34-40-28-11-22(13-30(48-3)31(28)42(34)2)36(47)43-16-23(37)14-24(38)17-43/h6-13,19,23-25,45H,4-5,14-17,38H2,1-3H3/t23-,24-,25?/m1/s1. The van der Waals surface area contributed by atoms with Gasteiger partial charge in [-0.05, 0) is 74.1 Å². The molecule has 2 aliphatic carbocycles. The van der Waals surface area contributed by atoms with Gasteiger partial charge < -0.3 is 29.6 Å². The molecule has 2 amide bonds. The van der Waals surface area contributed by atoms with Crippen LogP contribution in [0.3, 0.4) is 0 Å². The van der Waals surface area contributed by atoms with Gasteiger partial charge in [0, 0.05) is 37.1 Å². The number of piperidine rings is 1. The van der Waals surface area contributed by atoms with E-state index in [1.165, 1.54) is 4.90 Å². The lowest BCUT2D eigenvalue weighted by Gasteiger charge is -2.33. The summed E-state index contributed by atoms with van der Waals surface area (Å²) in [4.78, 5) is 41.4. The number of imidazole rings is 1.